The van der Waals surface area contributed by atoms with Crippen LogP contribution in [0.3, 0.4) is 0 Å². The fourth-order valence-electron chi connectivity index (χ4n) is 2.19. The molecule has 1 aliphatic rings. The van der Waals surface area contributed by atoms with Crippen LogP contribution in [-0.4, -0.2) is 17.0 Å². The summed E-state index contributed by atoms with van der Waals surface area (Å²) in [5.74, 6) is 0.788. The summed E-state index contributed by atoms with van der Waals surface area (Å²) < 4.78 is 0. The molecule has 0 saturated heterocycles. The first-order chi connectivity index (χ1) is 6.77. The minimum Gasteiger partial charge on any atom is -0.330 e. The van der Waals surface area contributed by atoms with Crippen molar-refractivity contribution in [1.29, 1.82) is 0 Å². The summed E-state index contributed by atoms with van der Waals surface area (Å²) in [6, 6.07) is 0. The van der Waals surface area contributed by atoms with Crippen molar-refractivity contribution < 1.29 is 0 Å². The maximum absolute atomic E-state index is 5.87. The number of hydrogen-bond donors (Lipinski definition) is 1. The van der Waals surface area contributed by atoms with Gasteiger partial charge >= 0.3 is 0 Å². The van der Waals surface area contributed by atoms with Gasteiger partial charge in [0.1, 0.15) is 0 Å². The van der Waals surface area contributed by atoms with Crippen molar-refractivity contribution in [3.8, 4) is 0 Å². The fraction of sp³-hybridized carbons (Fsp3) is 1.00. The second-order valence-corrected chi connectivity index (χ2v) is 6.21. The molecule has 1 aliphatic carbocycles. The van der Waals surface area contributed by atoms with Crippen molar-refractivity contribution in [2.24, 2.45) is 11.7 Å². The van der Waals surface area contributed by atoms with Gasteiger partial charge in [0.25, 0.3) is 0 Å². The van der Waals surface area contributed by atoms with Crippen molar-refractivity contribution in [3.05, 3.63) is 0 Å². The molecule has 1 rings (SSSR count). The van der Waals surface area contributed by atoms with Crippen LogP contribution in [-0.2, 0) is 0 Å². The van der Waals surface area contributed by atoms with Gasteiger partial charge in [-0.05, 0) is 31.7 Å². The second-order valence-electron chi connectivity index (χ2n) is 4.53. The van der Waals surface area contributed by atoms with Crippen molar-refractivity contribution in [2.45, 2.75) is 62.9 Å². The smallest absolute Gasteiger partial charge is 0.00900 e. The molecule has 0 bridgehead atoms. The van der Waals surface area contributed by atoms with E-state index in [0.29, 0.717) is 0 Å². The average molecular weight is 215 g/mol. The predicted octanol–water partition coefficient (Wildman–Crippen LogP) is 3.43. The van der Waals surface area contributed by atoms with Crippen molar-refractivity contribution in [1.82, 2.24) is 0 Å². The Balaban J connectivity index is 2.43. The Morgan fingerprint density at radius 1 is 1.29 bits per heavy atom. The molecular weight excluding hydrogens is 190 g/mol. The van der Waals surface area contributed by atoms with Gasteiger partial charge in [0.05, 0.1) is 0 Å². The van der Waals surface area contributed by atoms with Gasteiger partial charge < -0.3 is 5.73 Å². The van der Waals surface area contributed by atoms with Gasteiger partial charge in [-0.15, -0.1) is 0 Å². The normalized spacial score (nSPS) is 31.1. The highest BCUT2D eigenvalue weighted by atomic mass is 32.2. The third-order valence-corrected chi connectivity index (χ3v) is 5.14. The molecule has 2 heteroatoms. The Labute approximate surface area is 93.2 Å². The lowest BCUT2D eigenvalue weighted by molar-refractivity contribution is 0.482. The molecule has 1 saturated carbocycles. The van der Waals surface area contributed by atoms with E-state index in [2.05, 4.69) is 25.6 Å². The van der Waals surface area contributed by atoms with Gasteiger partial charge in [-0.3, -0.25) is 0 Å². The maximum atomic E-state index is 5.87. The highest BCUT2D eigenvalue weighted by molar-refractivity contribution is 8.00. The van der Waals surface area contributed by atoms with Crippen LogP contribution in [0.4, 0.5) is 0 Å². The summed E-state index contributed by atoms with van der Waals surface area (Å²) in [5, 5.41) is 1.66. The number of rotatable bonds is 4. The summed E-state index contributed by atoms with van der Waals surface area (Å²) in [7, 11) is 0. The zero-order chi connectivity index (χ0) is 10.4. The zero-order valence-corrected chi connectivity index (χ0v) is 10.5. The summed E-state index contributed by atoms with van der Waals surface area (Å²) >= 11 is 2.19. The van der Waals surface area contributed by atoms with Gasteiger partial charge in [0.15, 0.2) is 0 Å². The van der Waals surface area contributed by atoms with Crippen LogP contribution in [0.25, 0.3) is 0 Å². The number of nitrogens with two attached hydrogens (primary N) is 1. The van der Waals surface area contributed by atoms with E-state index in [1.165, 1.54) is 38.5 Å². The first-order valence-electron chi connectivity index (χ1n) is 6.13. The lowest BCUT2D eigenvalue weighted by Crippen LogP contribution is -2.26. The monoisotopic (exact) mass is 215 g/mol. The maximum Gasteiger partial charge on any atom is 0.00900 e. The van der Waals surface area contributed by atoms with Crippen LogP contribution in [0.5, 0.6) is 0 Å². The molecule has 1 fully saturated rings. The molecule has 0 heterocycles. The molecular formula is C12H25NS. The lowest BCUT2D eigenvalue weighted by Gasteiger charge is -2.25. The summed E-state index contributed by atoms with van der Waals surface area (Å²) in [6.07, 6.45) is 8.30. The van der Waals surface area contributed by atoms with Crippen LogP contribution in [0.1, 0.15) is 52.4 Å². The number of hydrogen-bond acceptors (Lipinski definition) is 2. The molecule has 0 amide bonds. The van der Waals surface area contributed by atoms with Gasteiger partial charge in [-0.1, -0.05) is 33.1 Å². The van der Waals surface area contributed by atoms with E-state index in [1.54, 1.807) is 0 Å². The van der Waals surface area contributed by atoms with Crippen LogP contribution < -0.4 is 5.73 Å². The summed E-state index contributed by atoms with van der Waals surface area (Å²) in [6.45, 7) is 5.53. The predicted molar refractivity (Wildman–Crippen MR) is 66.8 cm³/mol. The van der Waals surface area contributed by atoms with Crippen LogP contribution in [0.2, 0.25) is 0 Å². The second kappa shape index (κ2) is 6.73. The van der Waals surface area contributed by atoms with E-state index in [4.69, 9.17) is 5.73 Å². The Morgan fingerprint density at radius 3 is 2.64 bits per heavy atom. The van der Waals surface area contributed by atoms with Gasteiger partial charge in [-0.2, -0.15) is 11.8 Å². The van der Waals surface area contributed by atoms with Gasteiger partial charge in [0.2, 0.25) is 0 Å². The molecule has 0 aliphatic heterocycles. The molecule has 2 N–H and O–H groups in total. The zero-order valence-electron chi connectivity index (χ0n) is 9.67. The standard InChI is InChI=1S/C12H25NS/c1-3-10(2)14-12-8-6-4-5-7-11(12)9-13/h10-12H,3-9,13H2,1-2H3. The van der Waals surface area contributed by atoms with Crippen molar-refractivity contribution in [3.63, 3.8) is 0 Å². The van der Waals surface area contributed by atoms with Crippen molar-refractivity contribution >= 4 is 11.8 Å². The van der Waals surface area contributed by atoms with E-state index in [9.17, 15) is 0 Å². The largest absolute Gasteiger partial charge is 0.330 e. The molecule has 14 heavy (non-hydrogen) atoms. The molecule has 0 aromatic heterocycles. The third kappa shape index (κ3) is 3.82. The van der Waals surface area contributed by atoms with Crippen molar-refractivity contribution in [2.75, 3.05) is 6.54 Å². The summed E-state index contributed by atoms with van der Waals surface area (Å²) in [4.78, 5) is 0. The SMILES string of the molecule is CCC(C)SC1CCCCCC1CN. The molecule has 0 radical (unpaired) electrons. The Morgan fingerprint density at radius 2 is 2.00 bits per heavy atom. The highest BCUT2D eigenvalue weighted by Crippen LogP contribution is 2.34. The topological polar surface area (TPSA) is 26.0 Å². The van der Waals surface area contributed by atoms with Gasteiger partial charge in [0, 0.05) is 10.5 Å². The molecule has 0 spiro atoms. The van der Waals surface area contributed by atoms with E-state index in [0.717, 1.165) is 23.0 Å². The summed E-state index contributed by atoms with van der Waals surface area (Å²) in [5.41, 5.74) is 5.87. The minimum absolute atomic E-state index is 0.788. The lowest BCUT2D eigenvalue weighted by atomic mass is 10.0. The minimum atomic E-state index is 0.788. The van der Waals surface area contributed by atoms with E-state index in [-0.39, 0.29) is 0 Å². The van der Waals surface area contributed by atoms with E-state index >= 15 is 0 Å². The number of thioether (sulfide) groups is 1. The Bertz CT molecular complexity index is 149. The van der Waals surface area contributed by atoms with E-state index in [1.807, 2.05) is 0 Å². The molecule has 0 aromatic rings. The average Bonchev–Trinajstić information content (AvgIpc) is 2.42. The van der Waals surface area contributed by atoms with Crippen LogP contribution in [0, 0.1) is 5.92 Å². The van der Waals surface area contributed by atoms with Crippen LogP contribution in [0.15, 0.2) is 0 Å². The van der Waals surface area contributed by atoms with Crippen LogP contribution >= 0.6 is 11.8 Å². The fourth-order valence-corrected chi connectivity index (χ4v) is 3.76. The molecule has 84 valence electrons. The molecule has 0 aromatic carbocycles. The first kappa shape index (κ1) is 12.4. The third-order valence-electron chi connectivity index (χ3n) is 3.37. The Kier molecular flexibility index (Phi) is 5.95. The molecule has 3 atom stereocenters. The Hall–Kier alpha value is 0.310. The molecule has 3 unspecified atom stereocenters. The molecule has 1 nitrogen and oxygen atoms in total. The quantitative estimate of drug-likeness (QED) is 0.727. The van der Waals surface area contributed by atoms with E-state index < -0.39 is 0 Å². The van der Waals surface area contributed by atoms with Gasteiger partial charge in [-0.25, -0.2) is 0 Å². The first-order valence-corrected chi connectivity index (χ1v) is 7.07. The highest BCUT2D eigenvalue weighted by Gasteiger charge is 2.24.